The zero-order valence-corrected chi connectivity index (χ0v) is 6.65. The maximum atomic E-state index is 12.9. The highest BCUT2D eigenvalue weighted by Crippen LogP contribution is 2.42. The van der Waals surface area contributed by atoms with E-state index in [4.69, 9.17) is 5.73 Å². The second-order valence-electron chi connectivity index (χ2n) is 3.28. The molecule has 1 unspecified atom stereocenters. The molecule has 66 valence electrons. The number of hydrogen-bond acceptors (Lipinski definition) is 1. The van der Waals surface area contributed by atoms with E-state index in [-0.39, 0.29) is 12.3 Å². The third-order valence-electron chi connectivity index (χ3n) is 2.42. The third kappa shape index (κ3) is 2.12. The fourth-order valence-electron chi connectivity index (χ4n) is 1.72. The Labute approximate surface area is 66.0 Å². The van der Waals surface area contributed by atoms with E-state index in [9.17, 15) is 8.78 Å². The number of halogens is 2. The van der Waals surface area contributed by atoms with E-state index in [1.165, 1.54) is 0 Å². The molecule has 1 fully saturated rings. The zero-order chi connectivity index (χ0) is 8.32. The number of alkyl halides is 2. The molecule has 0 heterocycles. The van der Waals surface area contributed by atoms with Crippen molar-refractivity contribution in [2.24, 2.45) is 11.7 Å². The molecular weight excluding hydrogens is 148 g/mol. The monoisotopic (exact) mass is 163 g/mol. The Morgan fingerprint density at radius 3 is 2.64 bits per heavy atom. The minimum atomic E-state index is -2.39. The summed E-state index contributed by atoms with van der Waals surface area (Å²) in [5.74, 6) is -2.78. The van der Waals surface area contributed by atoms with E-state index in [1.54, 1.807) is 0 Å². The fourth-order valence-corrected chi connectivity index (χ4v) is 1.72. The fraction of sp³-hybridized carbons (Fsp3) is 1.00. The minimum absolute atomic E-state index is 0.0856. The van der Waals surface area contributed by atoms with E-state index in [2.05, 4.69) is 0 Å². The topological polar surface area (TPSA) is 26.0 Å². The molecule has 1 saturated carbocycles. The normalized spacial score (nSPS) is 29.2. The third-order valence-corrected chi connectivity index (χ3v) is 2.42. The Morgan fingerprint density at radius 2 is 2.18 bits per heavy atom. The smallest absolute Gasteiger partial charge is 0.250 e. The molecule has 1 nitrogen and oxygen atoms in total. The highest BCUT2D eigenvalue weighted by atomic mass is 19.3. The van der Waals surface area contributed by atoms with Gasteiger partial charge in [-0.05, 0) is 32.2 Å². The molecule has 0 aromatic carbocycles. The van der Waals surface area contributed by atoms with Crippen LogP contribution in [0.2, 0.25) is 0 Å². The first-order valence-corrected chi connectivity index (χ1v) is 4.24. The lowest BCUT2D eigenvalue weighted by atomic mass is 9.99. The zero-order valence-electron chi connectivity index (χ0n) is 6.65. The van der Waals surface area contributed by atoms with E-state index in [1.807, 2.05) is 0 Å². The molecule has 0 spiro atoms. The maximum Gasteiger partial charge on any atom is 0.250 e. The number of rotatable bonds is 3. The van der Waals surface area contributed by atoms with E-state index < -0.39 is 5.92 Å². The van der Waals surface area contributed by atoms with Gasteiger partial charge in [-0.1, -0.05) is 0 Å². The average molecular weight is 163 g/mol. The number of nitrogens with two attached hydrogens (primary N) is 1. The summed E-state index contributed by atoms with van der Waals surface area (Å²) in [5.41, 5.74) is 5.25. The van der Waals surface area contributed by atoms with Crippen molar-refractivity contribution in [2.45, 2.75) is 38.0 Å². The molecule has 1 atom stereocenters. The second-order valence-corrected chi connectivity index (χ2v) is 3.28. The summed E-state index contributed by atoms with van der Waals surface area (Å²) in [7, 11) is 0. The molecule has 0 aliphatic heterocycles. The Morgan fingerprint density at radius 1 is 1.45 bits per heavy atom. The summed E-state index contributed by atoms with van der Waals surface area (Å²) in [6.45, 7) is 0.534. The molecule has 0 bridgehead atoms. The lowest BCUT2D eigenvalue weighted by Gasteiger charge is -2.17. The largest absolute Gasteiger partial charge is 0.330 e. The first-order chi connectivity index (χ1) is 5.17. The van der Waals surface area contributed by atoms with Gasteiger partial charge >= 0.3 is 0 Å². The van der Waals surface area contributed by atoms with Crippen LogP contribution in [0.25, 0.3) is 0 Å². The molecule has 11 heavy (non-hydrogen) atoms. The summed E-state index contributed by atoms with van der Waals surface area (Å²) < 4.78 is 25.8. The Kier molecular flexibility index (Phi) is 2.82. The van der Waals surface area contributed by atoms with Crippen LogP contribution in [0.3, 0.4) is 0 Å². The summed E-state index contributed by atoms with van der Waals surface area (Å²) in [6.07, 6.45) is 2.79. The lowest BCUT2D eigenvalue weighted by molar-refractivity contribution is -0.0397. The van der Waals surface area contributed by atoms with Gasteiger partial charge in [-0.25, -0.2) is 8.78 Å². The van der Waals surface area contributed by atoms with Gasteiger partial charge in [-0.2, -0.15) is 0 Å². The first-order valence-electron chi connectivity index (χ1n) is 4.24. The average Bonchev–Trinajstić information content (AvgIpc) is 2.25. The van der Waals surface area contributed by atoms with Crippen LogP contribution in [0.4, 0.5) is 8.78 Å². The molecule has 1 aliphatic carbocycles. The second kappa shape index (κ2) is 3.48. The van der Waals surface area contributed by atoms with Crippen LogP contribution in [0.1, 0.15) is 32.1 Å². The Balaban J connectivity index is 2.32. The van der Waals surface area contributed by atoms with Crippen molar-refractivity contribution in [3.8, 4) is 0 Å². The molecule has 1 aliphatic rings. The van der Waals surface area contributed by atoms with E-state index in [0.717, 1.165) is 6.42 Å². The summed E-state index contributed by atoms with van der Waals surface area (Å²) >= 11 is 0. The van der Waals surface area contributed by atoms with Crippen LogP contribution in [0, 0.1) is 5.92 Å². The van der Waals surface area contributed by atoms with Crippen LogP contribution < -0.4 is 5.73 Å². The maximum absolute atomic E-state index is 12.9. The van der Waals surface area contributed by atoms with Crippen LogP contribution >= 0.6 is 0 Å². The molecule has 0 aromatic heterocycles. The first kappa shape index (κ1) is 8.91. The van der Waals surface area contributed by atoms with Gasteiger partial charge < -0.3 is 5.73 Å². The molecule has 2 N–H and O–H groups in total. The molecule has 0 amide bonds. The predicted molar refractivity (Wildman–Crippen MR) is 40.6 cm³/mol. The van der Waals surface area contributed by atoms with Gasteiger partial charge in [0.2, 0.25) is 0 Å². The molecule has 0 aromatic rings. The molecule has 0 radical (unpaired) electrons. The van der Waals surface area contributed by atoms with Crippen molar-refractivity contribution in [2.75, 3.05) is 6.54 Å². The summed E-state index contributed by atoms with van der Waals surface area (Å²) in [5, 5.41) is 0. The highest BCUT2D eigenvalue weighted by Gasteiger charge is 2.42. The van der Waals surface area contributed by atoms with Crippen LogP contribution in [-0.2, 0) is 0 Å². The predicted octanol–water partition coefficient (Wildman–Crippen LogP) is 2.16. The summed E-state index contributed by atoms with van der Waals surface area (Å²) in [6, 6.07) is 0. The molecule has 1 rings (SSSR count). The van der Waals surface area contributed by atoms with E-state index in [0.29, 0.717) is 25.8 Å². The van der Waals surface area contributed by atoms with Crippen molar-refractivity contribution >= 4 is 0 Å². The molecule has 0 saturated heterocycles. The van der Waals surface area contributed by atoms with Gasteiger partial charge in [0.05, 0.1) is 0 Å². The van der Waals surface area contributed by atoms with Crippen molar-refractivity contribution < 1.29 is 8.78 Å². The van der Waals surface area contributed by atoms with Gasteiger partial charge in [-0.15, -0.1) is 0 Å². The van der Waals surface area contributed by atoms with Gasteiger partial charge in [0.25, 0.3) is 5.92 Å². The van der Waals surface area contributed by atoms with Crippen LogP contribution in [0.5, 0.6) is 0 Å². The van der Waals surface area contributed by atoms with Crippen LogP contribution in [-0.4, -0.2) is 12.5 Å². The van der Waals surface area contributed by atoms with Crippen molar-refractivity contribution in [1.82, 2.24) is 0 Å². The standard InChI is InChI=1S/C8H15F2N/c9-8(10)5-1-3-7(8)4-2-6-11/h7H,1-6,11H2. The van der Waals surface area contributed by atoms with E-state index >= 15 is 0 Å². The van der Waals surface area contributed by atoms with Crippen LogP contribution in [0.15, 0.2) is 0 Å². The van der Waals surface area contributed by atoms with Gasteiger partial charge in [0.15, 0.2) is 0 Å². The molecular formula is C8H15F2N. The van der Waals surface area contributed by atoms with Gasteiger partial charge in [0, 0.05) is 12.3 Å². The minimum Gasteiger partial charge on any atom is -0.330 e. The van der Waals surface area contributed by atoms with Gasteiger partial charge in [0.1, 0.15) is 0 Å². The number of hydrogen-bond donors (Lipinski definition) is 1. The SMILES string of the molecule is NCCCC1CCCC1(F)F. The molecule has 3 heteroatoms. The van der Waals surface area contributed by atoms with Crippen molar-refractivity contribution in [3.63, 3.8) is 0 Å². The highest BCUT2D eigenvalue weighted by molar-refractivity contribution is 4.83. The van der Waals surface area contributed by atoms with Crippen molar-refractivity contribution in [3.05, 3.63) is 0 Å². The van der Waals surface area contributed by atoms with Crippen molar-refractivity contribution in [1.29, 1.82) is 0 Å². The van der Waals surface area contributed by atoms with Gasteiger partial charge in [-0.3, -0.25) is 0 Å². The Bertz CT molecular complexity index is 125. The lowest BCUT2D eigenvalue weighted by Crippen LogP contribution is -2.22. The summed E-state index contributed by atoms with van der Waals surface area (Å²) in [4.78, 5) is 0. The Hall–Kier alpha value is -0.180. The quantitative estimate of drug-likeness (QED) is 0.677.